The van der Waals surface area contributed by atoms with Crippen LogP contribution < -0.4 is 0 Å². The largest absolute Gasteiger partial charge is 0.508 e. The second-order valence-electron chi connectivity index (χ2n) is 9.04. The molecular weight excluding hydrogens is 418 g/mol. The van der Waals surface area contributed by atoms with Crippen molar-refractivity contribution in [2.75, 3.05) is 13.2 Å². The van der Waals surface area contributed by atoms with Crippen LogP contribution in [0.25, 0.3) is 0 Å². The Hall–Kier alpha value is -2.49. The van der Waals surface area contributed by atoms with Crippen LogP contribution in [0.15, 0.2) is 24.3 Å². The number of aromatic hydroxyl groups is 1. The van der Waals surface area contributed by atoms with Crippen LogP contribution in [-0.4, -0.2) is 62.0 Å². The molecule has 32 heavy (non-hydrogen) atoms. The molecule has 0 aromatic heterocycles. The zero-order valence-electron chi connectivity index (χ0n) is 17.7. The van der Waals surface area contributed by atoms with Crippen LogP contribution in [0.4, 0.5) is 0 Å². The summed E-state index contributed by atoms with van der Waals surface area (Å²) >= 11 is 0. The number of imide groups is 1. The number of carboxylic acid groups (broad SMARTS) is 1. The topological polar surface area (TPSA) is 145 Å². The van der Waals surface area contributed by atoms with Crippen molar-refractivity contribution in [2.24, 2.45) is 23.7 Å². The van der Waals surface area contributed by atoms with E-state index in [4.69, 9.17) is 9.84 Å². The number of aliphatic hydroxyl groups excluding tert-OH is 1. The molecule has 6 atom stereocenters. The maximum atomic E-state index is 13.2. The molecule has 1 aromatic rings. The predicted octanol–water partition coefficient (Wildman–Crippen LogP) is 1.42. The number of para-hydroxylation sites is 1. The number of phenols is 1. The van der Waals surface area contributed by atoms with Crippen LogP contribution in [0.2, 0.25) is 0 Å². The molecule has 1 aliphatic carbocycles. The number of phenolic OH excluding ortho intramolecular Hbond substituents is 1. The van der Waals surface area contributed by atoms with Crippen molar-refractivity contribution in [3.05, 3.63) is 29.8 Å². The lowest BCUT2D eigenvalue weighted by Gasteiger charge is -2.44. The van der Waals surface area contributed by atoms with E-state index in [2.05, 4.69) is 0 Å². The second-order valence-corrected chi connectivity index (χ2v) is 9.04. The molecule has 0 unspecified atom stereocenters. The molecule has 1 saturated carbocycles. The number of likely N-dealkylation sites (tertiary alicyclic amines) is 1. The van der Waals surface area contributed by atoms with Crippen molar-refractivity contribution < 1.29 is 39.5 Å². The average Bonchev–Trinajstić information content (AvgIpc) is 3.22. The summed E-state index contributed by atoms with van der Waals surface area (Å²) in [7, 11) is 0. The Morgan fingerprint density at radius 3 is 2.56 bits per heavy atom. The minimum absolute atomic E-state index is 0.0219. The summed E-state index contributed by atoms with van der Waals surface area (Å²) in [6, 6.07) is 6.63. The third-order valence-electron chi connectivity index (χ3n) is 7.23. The first-order valence-corrected chi connectivity index (χ1v) is 11.1. The van der Waals surface area contributed by atoms with Gasteiger partial charge in [0.25, 0.3) is 0 Å². The molecule has 3 aliphatic rings. The summed E-state index contributed by atoms with van der Waals surface area (Å²) in [4.78, 5) is 38.2. The van der Waals surface area contributed by atoms with E-state index in [1.807, 2.05) is 0 Å². The van der Waals surface area contributed by atoms with Crippen molar-refractivity contribution >= 4 is 17.8 Å². The van der Waals surface area contributed by atoms with Gasteiger partial charge in [0.1, 0.15) is 5.75 Å². The summed E-state index contributed by atoms with van der Waals surface area (Å²) < 4.78 is 5.98. The summed E-state index contributed by atoms with van der Waals surface area (Å²) in [5, 5.41) is 40.4. The molecule has 2 aliphatic heterocycles. The monoisotopic (exact) mass is 447 g/mol. The Bertz CT molecular complexity index is 904. The molecule has 0 bridgehead atoms. The predicted molar refractivity (Wildman–Crippen MR) is 110 cm³/mol. The number of carbonyl (C=O) groups is 3. The molecule has 9 nitrogen and oxygen atoms in total. The Balaban J connectivity index is 1.53. The summed E-state index contributed by atoms with van der Waals surface area (Å²) in [6.45, 7) is -0.177. The number of ether oxygens (including phenoxy) is 1. The van der Waals surface area contributed by atoms with Gasteiger partial charge >= 0.3 is 5.97 Å². The standard InChI is InChI=1S/C23H29NO8/c25-12-13-10-15-20(22(30)24(21(15)29)9-5-1-2-8-19(27)28)16-11-18(32-23(13,16)31)14-6-3-4-7-17(14)26/h3-4,6-7,13,15-16,18,20,25-26,31H,1-2,5,8-12H2,(H,27,28)/t13-,15+,16+,18+,20+,23-/m1/s1. The number of aliphatic hydroxyl groups is 2. The first-order chi connectivity index (χ1) is 15.3. The highest BCUT2D eigenvalue weighted by Crippen LogP contribution is 2.58. The summed E-state index contributed by atoms with van der Waals surface area (Å²) in [5.41, 5.74) is 0.496. The smallest absolute Gasteiger partial charge is 0.303 e. The normalized spacial score (nSPS) is 33.9. The van der Waals surface area contributed by atoms with E-state index in [9.17, 15) is 29.7 Å². The zero-order valence-corrected chi connectivity index (χ0v) is 17.7. The highest BCUT2D eigenvalue weighted by Gasteiger charge is 2.66. The Morgan fingerprint density at radius 2 is 1.88 bits per heavy atom. The number of fused-ring (bicyclic) bond motifs is 3. The highest BCUT2D eigenvalue weighted by molar-refractivity contribution is 6.05. The van der Waals surface area contributed by atoms with Crippen LogP contribution in [0.1, 0.15) is 50.2 Å². The minimum Gasteiger partial charge on any atom is -0.508 e. The van der Waals surface area contributed by atoms with Gasteiger partial charge in [-0.1, -0.05) is 24.6 Å². The fraction of sp³-hybridized carbons (Fsp3) is 0.609. The van der Waals surface area contributed by atoms with E-state index in [0.29, 0.717) is 24.8 Å². The number of unbranched alkanes of at least 4 members (excludes halogenated alkanes) is 2. The first-order valence-electron chi connectivity index (χ1n) is 11.1. The van der Waals surface area contributed by atoms with Crippen LogP contribution in [0.3, 0.4) is 0 Å². The number of rotatable bonds is 8. The third-order valence-corrected chi connectivity index (χ3v) is 7.23. The molecule has 0 radical (unpaired) electrons. The molecular formula is C23H29NO8. The molecule has 2 saturated heterocycles. The lowest BCUT2D eigenvalue weighted by molar-refractivity contribution is -0.274. The quantitative estimate of drug-likeness (QED) is 0.346. The van der Waals surface area contributed by atoms with Gasteiger partial charge in [0.05, 0.1) is 24.5 Å². The molecule has 9 heteroatoms. The number of carbonyl (C=O) groups excluding carboxylic acids is 2. The maximum Gasteiger partial charge on any atom is 0.303 e. The molecule has 4 N–H and O–H groups in total. The number of hydrogen-bond donors (Lipinski definition) is 4. The van der Waals surface area contributed by atoms with Crippen molar-refractivity contribution in [2.45, 2.75) is 50.4 Å². The maximum absolute atomic E-state index is 13.2. The van der Waals surface area contributed by atoms with Crippen LogP contribution in [0, 0.1) is 23.7 Å². The van der Waals surface area contributed by atoms with E-state index in [0.717, 1.165) is 0 Å². The van der Waals surface area contributed by atoms with E-state index in [1.165, 1.54) is 11.0 Å². The lowest BCUT2D eigenvalue weighted by Crippen LogP contribution is -2.54. The van der Waals surface area contributed by atoms with E-state index in [-0.39, 0.29) is 50.0 Å². The third kappa shape index (κ3) is 3.78. The first kappa shape index (κ1) is 22.7. The van der Waals surface area contributed by atoms with Gasteiger partial charge in [-0.2, -0.15) is 0 Å². The van der Waals surface area contributed by atoms with Crippen molar-refractivity contribution in [1.82, 2.24) is 4.90 Å². The fourth-order valence-corrected chi connectivity index (χ4v) is 5.65. The number of nitrogens with zero attached hydrogens (tertiary/aromatic N) is 1. The van der Waals surface area contributed by atoms with Gasteiger partial charge in [0, 0.05) is 30.4 Å². The second kappa shape index (κ2) is 8.80. The van der Waals surface area contributed by atoms with E-state index >= 15 is 0 Å². The molecule has 174 valence electrons. The molecule has 4 rings (SSSR count). The zero-order chi connectivity index (χ0) is 23.0. The Morgan fingerprint density at radius 1 is 1.12 bits per heavy atom. The van der Waals surface area contributed by atoms with E-state index < -0.39 is 41.5 Å². The number of hydrogen-bond acceptors (Lipinski definition) is 7. The van der Waals surface area contributed by atoms with Gasteiger partial charge in [-0.3, -0.25) is 19.3 Å². The summed E-state index contributed by atoms with van der Waals surface area (Å²) in [6.07, 6.45) is 1.35. The number of carboxylic acids is 1. The molecule has 2 heterocycles. The number of benzene rings is 1. The highest BCUT2D eigenvalue weighted by atomic mass is 16.6. The Kier molecular flexibility index (Phi) is 6.24. The van der Waals surface area contributed by atoms with Gasteiger partial charge < -0.3 is 25.2 Å². The van der Waals surface area contributed by atoms with Crippen LogP contribution in [0.5, 0.6) is 5.75 Å². The minimum atomic E-state index is -1.77. The fourth-order valence-electron chi connectivity index (χ4n) is 5.65. The molecule has 1 aromatic carbocycles. The van der Waals surface area contributed by atoms with Crippen molar-refractivity contribution in [3.63, 3.8) is 0 Å². The van der Waals surface area contributed by atoms with E-state index in [1.54, 1.807) is 18.2 Å². The molecule has 0 spiro atoms. The SMILES string of the molecule is O=C(O)CCCCCN1C(=O)[C@H]2[C@H](C[C@H](CO)[C@@]3(O)O[C@H](c4ccccc4O)C[C@@H]23)C1=O. The van der Waals surface area contributed by atoms with Crippen LogP contribution in [-0.2, 0) is 19.1 Å². The van der Waals surface area contributed by atoms with Gasteiger partial charge in [0.2, 0.25) is 11.8 Å². The van der Waals surface area contributed by atoms with Gasteiger partial charge in [0.15, 0.2) is 5.79 Å². The molecule has 2 amide bonds. The van der Waals surface area contributed by atoms with Crippen LogP contribution >= 0.6 is 0 Å². The molecule has 3 fully saturated rings. The summed E-state index contributed by atoms with van der Waals surface area (Å²) in [5.74, 6) is -6.05. The van der Waals surface area contributed by atoms with Crippen molar-refractivity contribution in [3.8, 4) is 5.75 Å². The lowest BCUT2D eigenvalue weighted by atomic mass is 9.64. The van der Waals surface area contributed by atoms with Gasteiger partial charge in [-0.15, -0.1) is 0 Å². The average molecular weight is 447 g/mol. The van der Waals surface area contributed by atoms with Crippen molar-refractivity contribution in [1.29, 1.82) is 0 Å². The van der Waals surface area contributed by atoms with Gasteiger partial charge in [-0.05, 0) is 31.7 Å². The number of amides is 2. The Labute approximate surface area is 185 Å². The number of aliphatic carboxylic acids is 1. The van der Waals surface area contributed by atoms with Gasteiger partial charge in [-0.25, -0.2) is 0 Å².